The number of fused-ring (bicyclic) bond motifs is 1. The normalized spacial score (nSPS) is 13.2. The first kappa shape index (κ1) is 27.6. The number of methoxy groups -OCH3 is 3. The molecule has 0 amide bonds. The second-order valence-electron chi connectivity index (χ2n) is 10.3. The second kappa shape index (κ2) is 11.7. The first-order valence-corrected chi connectivity index (χ1v) is 13.4. The van der Waals surface area contributed by atoms with E-state index in [1.807, 2.05) is 30.3 Å². The van der Waals surface area contributed by atoms with E-state index >= 15 is 0 Å². The summed E-state index contributed by atoms with van der Waals surface area (Å²) in [4.78, 5) is 12.8. The van der Waals surface area contributed by atoms with Crippen LogP contribution >= 0.6 is 0 Å². The monoisotopic (exact) mass is 550 g/mol. The molecule has 7 nitrogen and oxygen atoms in total. The largest absolute Gasteiger partial charge is 0.496 e. The van der Waals surface area contributed by atoms with Gasteiger partial charge in [0.2, 0.25) is 0 Å². The molecular formula is C34H34N2O5. The summed E-state index contributed by atoms with van der Waals surface area (Å²) in [5.74, 6) is 1.72. The van der Waals surface area contributed by atoms with Crippen LogP contribution < -0.4 is 29.6 Å². The van der Waals surface area contributed by atoms with Crippen molar-refractivity contribution < 1.29 is 23.7 Å². The molecule has 0 aliphatic carbocycles. The molecule has 210 valence electrons. The van der Waals surface area contributed by atoms with E-state index in [2.05, 4.69) is 48.8 Å². The van der Waals surface area contributed by atoms with Crippen LogP contribution in [0.25, 0.3) is 16.7 Å². The van der Waals surface area contributed by atoms with E-state index in [4.69, 9.17) is 18.9 Å². The summed E-state index contributed by atoms with van der Waals surface area (Å²) in [5.41, 5.74) is 6.25. The lowest BCUT2D eigenvalue weighted by molar-refractivity contribution is 0.0731. The van der Waals surface area contributed by atoms with Crippen molar-refractivity contribution in [3.63, 3.8) is 0 Å². The molecule has 1 aliphatic heterocycles. The van der Waals surface area contributed by atoms with Crippen LogP contribution in [0.2, 0.25) is 0 Å². The maximum absolute atomic E-state index is 12.8. The van der Waals surface area contributed by atoms with Crippen LogP contribution in [-0.2, 0) is 0 Å². The molecule has 0 bridgehead atoms. The van der Waals surface area contributed by atoms with Crippen LogP contribution in [0.1, 0.15) is 29.8 Å². The lowest BCUT2D eigenvalue weighted by Crippen LogP contribution is -2.32. The van der Waals surface area contributed by atoms with Gasteiger partial charge in [-0.25, -0.2) is 4.79 Å². The predicted molar refractivity (Wildman–Crippen MR) is 164 cm³/mol. The highest BCUT2D eigenvalue weighted by Gasteiger charge is 2.25. The van der Waals surface area contributed by atoms with E-state index in [0.717, 1.165) is 39.4 Å². The van der Waals surface area contributed by atoms with Gasteiger partial charge in [0.1, 0.15) is 28.6 Å². The quantitative estimate of drug-likeness (QED) is 0.167. The summed E-state index contributed by atoms with van der Waals surface area (Å²) < 4.78 is 22.2. The van der Waals surface area contributed by atoms with Crippen LogP contribution in [0.3, 0.4) is 0 Å². The van der Waals surface area contributed by atoms with Crippen LogP contribution in [-0.4, -0.2) is 39.4 Å². The number of benzene rings is 4. The minimum Gasteiger partial charge on any atom is -0.496 e. The fraction of sp³-hybridized carbons (Fsp3) is 0.206. The molecule has 0 radical (unpaired) electrons. The van der Waals surface area contributed by atoms with Gasteiger partial charge in [0.25, 0.3) is 0 Å². The molecule has 0 fully saturated rings. The highest BCUT2D eigenvalue weighted by atomic mass is 16.5. The molecule has 4 aromatic rings. The minimum absolute atomic E-state index is 0.211. The highest BCUT2D eigenvalue weighted by molar-refractivity contribution is 5.94. The van der Waals surface area contributed by atoms with Crippen molar-refractivity contribution in [2.45, 2.75) is 19.4 Å². The Morgan fingerprint density at radius 3 is 2.24 bits per heavy atom. The number of esters is 1. The van der Waals surface area contributed by atoms with Gasteiger partial charge < -0.3 is 29.6 Å². The van der Waals surface area contributed by atoms with Gasteiger partial charge >= 0.3 is 5.97 Å². The van der Waals surface area contributed by atoms with Gasteiger partial charge in [-0.05, 0) is 73.5 Å². The highest BCUT2D eigenvalue weighted by Crippen LogP contribution is 2.40. The SMILES string of the molecule is COc1ccccc1NCC1=CC(C)(C)Nc2ccc(-c3ccc(OC(=O)c4ccccc4OC)cc3OC)cc21. The van der Waals surface area contributed by atoms with Crippen molar-refractivity contribution in [3.05, 3.63) is 102 Å². The van der Waals surface area contributed by atoms with Gasteiger partial charge in [0.15, 0.2) is 0 Å². The van der Waals surface area contributed by atoms with E-state index in [1.165, 1.54) is 7.11 Å². The lowest BCUT2D eigenvalue weighted by atomic mass is 9.88. The van der Waals surface area contributed by atoms with E-state index in [1.54, 1.807) is 50.6 Å². The summed E-state index contributed by atoms with van der Waals surface area (Å²) in [6.45, 7) is 4.93. The fourth-order valence-corrected chi connectivity index (χ4v) is 5.06. The Kier molecular flexibility index (Phi) is 7.88. The van der Waals surface area contributed by atoms with Gasteiger partial charge in [0, 0.05) is 29.4 Å². The predicted octanol–water partition coefficient (Wildman–Crippen LogP) is 7.30. The van der Waals surface area contributed by atoms with Gasteiger partial charge in [-0.1, -0.05) is 36.4 Å². The smallest absolute Gasteiger partial charge is 0.347 e. The molecule has 0 spiro atoms. The summed E-state index contributed by atoms with van der Waals surface area (Å²) in [6.07, 6.45) is 2.25. The Bertz CT molecular complexity index is 1610. The van der Waals surface area contributed by atoms with Crippen molar-refractivity contribution in [3.8, 4) is 34.1 Å². The average Bonchev–Trinajstić information content (AvgIpc) is 2.99. The third-order valence-corrected chi connectivity index (χ3v) is 6.96. The van der Waals surface area contributed by atoms with Crippen LogP contribution in [0, 0.1) is 0 Å². The molecule has 0 atom stereocenters. The third kappa shape index (κ3) is 5.99. The number of nitrogens with one attached hydrogen (secondary N) is 2. The minimum atomic E-state index is -0.503. The summed E-state index contributed by atoms with van der Waals surface area (Å²) >= 11 is 0. The van der Waals surface area contributed by atoms with Gasteiger partial charge in [-0.3, -0.25) is 0 Å². The molecule has 41 heavy (non-hydrogen) atoms. The number of rotatable bonds is 9. The summed E-state index contributed by atoms with van der Waals surface area (Å²) in [6, 6.07) is 26.6. The van der Waals surface area contributed by atoms with Crippen LogP contribution in [0.15, 0.2) is 91.0 Å². The first-order chi connectivity index (χ1) is 19.8. The molecular weight excluding hydrogens is 516 g/mol. The molecule has 5 rings (SSSR count). The van der Waals surface area contributed by atoms with Crippen LogP contribution in [0.4, 0.5) is 11.4 Å². The number of hydrogen-bond acceptors (Lipinski definition) is 7. The maximum Gasteiger partial charge on any atom is 0.347 e. The Morgan fingerprint density at radius 1 is 0.780 bits per heavy atom. The van der Waals surface area contributed by atoms with Gasteiger partial charge in [0.05, 0.1) is 32.6 Å². The van der Waals surface area contributed by atoms with Crippen molar-refractivity contribution in [2.24, 2.45) is 0 Å². The zero-order valence-corrected chi connectivity index (χ0v) is 23.9. The second-order valence-corrected chi connectivity index (χ2v) is 10.3. The molecule has 2 N–H and O–H groups in total. The third-order valence-electron chi connectivity index (χ3n) is 6.96. The Morgan fingerprint density at radius 2 is 1.49 bits per heavy atom. The van der Waals surface area contributed by atoms with E-state index < -0.39 is 5.97 Å². The number of carbonyl (C=O) groups is 1. The number of para-hydroxylation sites is 3. The molecule has 0 unspecified atom stereocenters. The molecule has 0 aromatic heterocycles. The molecule has 0 saturated carbocycles. The van der Waals surface area contributed by atoms with E-state index in [-0.39, 0.29) is 5.54 Å². The lowest BCUT2D eigenvalue weighted by Gasteiger charge is -2.33. The number of carbonyl (C=O) groups excluding carboxylic acids is 1. The number of ether oxygens (including phenoxy) is 4. The van der Waals surface area contributed by atoms with Crippen molar-refractivity contribution >= 4 is 22.9 Å². The Labute approximate surface area is 240 Å². The summed E-state index contributed by atoms with van der Waals surface area (Å²) in [7, 11) is 4.80. The zero-order chi connectivity index (χ0) is 29.0. The van der Waals surface area contributed by atoms with E-state index in [9.17, 15) is 4.79 Å². The summed E-state index contributed by atoms with van der Waals surface area (Å²) in [5, 5.41) is 7.16. The molecule has 1 heterocycles. The number of anilines is 2. The first-order valence-electron chi connectivity index (χ1n) is 13.4. The number of hydrogen-bond donors (Lipinski definition) is 2. The Hall–Kier alpha value is -4.91. The average molecular weight is 551 g/mol. The fourth-order valence-electron chi connectivity index (χ4n) is 5.06. The maximum atomic E-state index is 12.8. The van der Waals surface area contributed by atoms with Gasteiger partial charge in [-0.15, -0.1) is 0 Å². The van der Waals surface area contributed by atoms with Crippen molar-refractivity contribution in [1.82, 2.24) is 0 Å². The van der Waals surface area contributed by atoms with Crippen molar-refractivity contribution in [1.29, 1.82) is 0 Å². The van der Waals surface area contributed by atoms with Gasteiger partial charge in [-0.2, -0.15) is 0 Å². The van der Waals surface area contributed by atoms with Crippen LogP contribution in [0.5, 0.6) is 23.0 Å². The van der Waals surface area contributed by atoms with Crippen molar-refractivity contribution in [2.75, 3.05) is 38.5 Å². The Balaban J connectivity index is 1.43. The van der Waals surface area contributed by atoms with E-state index in [0.29, 0.717) is 29.4 Å². The molecule has 4 aromatic carbocycles. The molecule has 0 saturated heterocycles. The zero-order valence-electron chi connectivity index (χ0n) is 23.9. The molecule has 1 aliphatic rings. The topological polar surface area (TPSA) is 78.0 Å². The molecule has 7 heteroatoms. The standard InChI is InChI=1S/C34H34N2O5/c1-34(2)20-23(21-35-29-11-7-9-13-31(29)39-4)27-18-22(14-17-28(27)36-34)25-16-15-24(19-32(25)40-5)41-33(37)26-10-6-8-12-30(26)38-3/h6-20,35-36H,21H2,1-5H3.